The lowest BCUT2D eigenvalue weighted by Gasteiger charge is -2.23. The molecule has 2 aliphatic heterocycles. The highest BCUT2D eigenvalue weighted by Crippen LogP contribution is 2.34. The highest BCUT2D eigenvalue weighted by Gasteiger charge is 2.22. The topological polar surface area (TPSA) is 6.48 Å². The molecule has 0 fully saturated rings. The van der Waals surface area contributed by atoms with Crippen molar-refractivity contribution in [1.29, 1.82) is 0 Å². The Morgan fingerprint density at radius 2 is 1.25 bits per heavy atom. The van der Waals surface area contributed by atoms with Crippen molar-refractivity contribution in [2.75, 3.05) is 0 Å². The molecule has 0 amide bonds. The minimum Gasteiger partial charge on any atom is -0.328 e. The van der Waals surface area contributed by atoms with Gasteiger partial charge < -0.3 is 9.80 Å². The predicted octanol–water partition coefficient (Wildman–Crippen LogP) is 8.32. The van der Waals surface area contributed by atoms with Crippen molar-refractivity contribution in [2.45, 2.75) is 6.54 Å². The predicted molar refractivity (Wildman–Crippen MR) is 138 cm³/mol. The minimum atomic E-state index is 0.727. The van der Waals surface area contributed by atoms with Gasteiger partial charge in [0.1, 0.15) is 5.82 Å². The number of hydrogen-bond acceptors (Lipinski definition) is 2. The molecule has 2 heterocycles. The van der Waals surface area contributed by atoms with Crippen molar-refractivity contribution in [3.05, 3.63) is 141 Å². The Kier molecular flexibility index (Phi) is 5.97. The lowest BCUT2D eigenvalue weighted by molar-refractivity contribution is 0.405. The number of allylic oxidation sites excluding steroid dienone is 4. The fraction of sp³-hybridized carbons (Fsp3) is 0.0370. The quantitative estimate of drug-likeness (QED) is 0.340. The molecule has 0 saturated carbocycles. The monoisotopic (exact) mass is 520 g/mol. The van der Waals surface area contributed by atoms with E-state index in [-0.39, 0.29) is 0 Å². The summed E-state index contributed by atoms with van der Waals surface area (Å²) in [7, 11) is 0. The molecule has 0 radical (unpaired) electrons. The maximum absolute atomic E-state index is 6.15. The van der Waals surface area contributed by atoms with Crippen LogP contribution in [0.5, 0.6) is 0 Å². The molecule has 3 aromatic carbocycles. The van der Waals surface area contributed by atoms with Gasteiger partial charge in [0.05, 0.1) is 0 Å². The summed E-state index contributed by atoms with van der Waals surface area (Å²) in [6.45, 7) is 0.782. The average Bonchev–Trinajstić information content (AvgIpc) is 3.05. The molecule has 0 saturated heterocycles. The van der Waals surface area contributed by atoms with Crippen LogP contribution in [0.1, 0.15) is 16.7 Å². The van der Waals surface area contributed by atoms with E-state index in [1.165, 1.54) is 5.56 Å². The normalized spacial score (nSPS) is 15.2. The third-order valence-corrected chi connectivity index (χ3v) is 6.49. The smallest absolute Gasteiger partial charge is 0.117 e. The summed E-state index contributed by atoms with van der Waals surface area (Å²) in [5.41, 5.74) is 5.68. The van der Waals surface area contributed by atoms with Crippen LogP contribution >= 0.6 is 39.1 Å². The van der Waals surface area contributed by atoms with E-state index in [0.717, 1.165) is 49.2 Å². The molecule has 158 valence electrons. The number of rotatable bonds is 4. The summed E-state index contributed by atoms with van der Waals surface area (Å²) < 4.78 is 1.08. The van der Waals surface area contributed by atoms with Crippen LogP contribution in [0.2, 0.25) is 10.0 Å². The average molecular weight is 522 g/mol. The molecule has 5 rings (SSSR count). The first-order valence-electron chi connectivity index (χ1n) is 10.2. The van der Waals surface area contributed by atoms with Crippen LogP contribution in [0.3, 0.4) is 0 Å². The standard InChI is InChI=1S/C27H19BrCl2N2/c28-24-7-1-19(2-8-24)17-31-13-14-32-18-23(21-5-11-26(30)12-6-21)15-22(16-27(31)32)20-3-9-25(29)10-4-20/h1-16,18H,17H2. The van der Waals surface area contributed by atoms with Gasteiger partial charge in [0.2, 0.25) is 0 Å². The van der Waals surface area contributed by atoms with Gasteiger partial charge in [-0.25, -0.2) is 0 Å². The lowest BCUT2D eigenvalue weighted by Crippen LogP contribution is -2.19. The second-order valence-corrected chi connectivity index (χ2v) is 9.45. The van der Waals surface area contributed by atoms with Crippen molar-refractivity contribution in [2.24, 2.45) is 0 Å². The summed E-state index contributed by atoms with van der Waals surface area (Å²) in [5, 5.41) is 1.45. The number of nitrogens with zero attached hydrogens (tertiary/aromatic N) is 2. The lowest BCUT2D eigenvalue weighted by atomic mass is 9.99. The molecule has 0 unspecified atom stereocenters. The zero-order chi connectivity index (χ0) is 22.1. The summed E-state index contributed by atoms with van der Waals surface area (Å²) >= 11 is 15.8. The Bertz CT molecular complexity index is 1250. The number of fused-ring (bicyclic) bond motifs is 1. The number of benzene rings is 3. The maximum atomic E-state index is 6.15. The highest BCUT2D eigenvalue weighted by atomic mass is 79.9. The van der Waals surface area contributed by atoms with E-state index in [1.54, 1.807) is 0 Å². The molecule has 0 aromatic heterocycles. The second-order valence-electron chi connectivity index (χ2n) is 7.66. The van der Waals surface area contributed by atoms with Gasteiger partial charge in [-0.2, -0.15) is 0 Å². The van der Waals surface area contributed by atoms with Crippen LogP contribution in [-0.4, -0.2) is 9.80 Å². The van der Waals surface area contributed by atoms with E-state index in [2.05, 4.69) is 105 Å². The van der Waals surface area contributed by atoms with Gasteiger partial charge in [0, 0.05) is 39.7 Å². The molecule has 32 heavy (non-hydrogen) atoms. The molecule has 2 aliphatic rings. The van der Waals surface area contributed by atoms with Crippen molar-refractivity contribution in [3.8, 4) is 0 Å². The first-order chi connectivity index (χ1) is 15.5. The summed E-state index contributed by atoms with van der Waals surface area (Å²) in [6.07, 6.45) is 10.8. The van der Waals surface area contributed by atoms with Crippen molar-refractivity contribution in [1.82, 2.24) is 9.80 Å². The van der Waals surface area contributed by atoms with Crippen LogP contribution in [0.4, 0.5) is 0 Å². The van der Waals surface area contributed by atoms with Gasteiger partial charge in [0.15, 0.2) is 0 Å². The van der Waals surface area contributed by atoms with Gasteiger partial charge in [0.25, 0.3) is 0 Å². The zero-order valence-electron chi connectivity index (χ0n) is 17.1. The Morgan fingerprint density at radius 1 is 0.656 bits per heavy atom. The fourth-order valence-corrected chi connectivity index (χ4v) is 4.30. The maximum Gasteiger partial charge on any atom is 0.117 e. The van der Waals surface area contributed by atoms with E-state index in [0.29, 0.717) is 0 Å². The molecular formula is C27H19BrCl2N2. The van der Waals surface area contributed by atoms with Crippen molar-refractivity contribution < 1.29 is 0 Å². The molecule has 3 aromatic rings. The SMILES string of the molecule is Clc1ccc(C2=CC(c3ccc(Cl)cc3)=CN3C=CN(Cc4ccc(Br)cc4)C3=C2)cc1. The first-order valence-corrected chi connectivity index (χ1v) is 11.7. The van der Waals surface area contributed by atoms with Crippen LogP contribution in [-0.2, 0) is 6.54 Å². The second kappa shape index (κ2) is 9.03. The summed E-state index contributed by atoms with van der Waals surface area (Å²) in [5.74, 6) is 1.10. The molecule has 0 atom stereocenters. The Balaban J connectivity index is 1.55. The third-order valence-electron chi connectivity index (χ3n) is 5.46. The van der Waals surface area contributed by atoms with E-state index < -0.39 is 0 Å². The first kappa shape index (κ1) is 21.1. The van der Waals surface area contributed by atoms with E-state index >= 15 is 0 Å². The van der Waals surface area contributed by atoms with Gasteiger partial charge >= 0.3 is 0 Å². The van der Waals surface area contributed by atoms with Gasteiger partial charge in [-0.3, -0.25) is 0 Å². The molecule has 0 N–H and O–H groups in total. The Morgan fingerprint density at radius 3 is 1.88 bits per heavy atom. The van der Waals surface area contributed by atoms with Gasteiger partial charge in [-0.1, -0.05) is 75.5 Å². The molecule has 0 bridgehead atoms. The van der Waals surface area contributed by atoms with E-state index in [4.69, 9.17) is 23.2 Å². The zero-order valence-corrected chi connectivity index (χ0v) is 20.1. The summed E-state index contributed by atoms with van der Waals surface area (Å²) in [4.78, 5) is 4.43. The largest absolute Gasteiger partial charge is 0.328 e. The van der Waals surface area contributed by atoms with Crippen LogP contribution in [0.15, 0.2) is 114 Å². The van der Waals surface area contributed by atoms with Crippen LogP contribution in [0, 0.1) is 0 Å². The van der Waals surface area contributed by atoms with Crippen LogP contribution < -0.4 is 0 Å². The highest BCUT2D eigenvalue weighted by molar-refractivity contribution is 9.10. The van der Waals surface area contributed by atoms with Crippen LogP contribution in [0.25, 0.3) is 11.1 Å². The number of halogens is 3. The fourth-order valence-electron chi connectivity index (χ4n) is 3.78. The molecular weight excluding hydrogens is 503 g/mol. The van der Waals surface area contributed by atoms with E-state index in [9.17, 15) is 0 Å². The number of hydrogen-bond donors (Lipinski definition) is 0. The molecule has 0 aliphatic carbocycles. The molecule has 5 heteroatoms. The van der Waals surface area contributed by atoms with Gasteiger partial charge in [-0.15, -0.1) is 0 Å². The Labute approximate surface area is 206 Å². The van der Waals surface area contributed by atoms with Crippen molar-refractivity contribution >= 4 is 50.3 Å². The van der Waals surface area contributed by atoms with Crippen molar-refractivity contribution in [3.63, 3.8) is 0 Å². The molecule has 2 nitrogen and oxygen atoms in total. The van der Waals surface area contributed by atoms with Gasteiger partial charge in [-0.05, 0) is 76.4 Å². The molecule has 0 spiro atoms. The van der Waals surface area contributed by atoms with E-state index in [1.807, 2.05) is 24.3 Å². The minimum absolute atomic E-state index is 0.727. The third kappa shape index (κ3) is 4.56. The summed E-state index contributed by atoms with van der Waals surface area (Å²) in [6, 6.07) is 24.4. The Hall–Kier alpha value is -2.72.